The van der Waals surface area contributed by atoms with E-state index in [0.717, 1.165) is 0 Å². The first kappa shape index (κ1) is 12.0. The molecule has 0 spiro atoms. The van der Waals surface area contributed by atoms with Crippen LogP contribution in [0.1, 0.15) is 13.8 Å². The van der Waals surface area contributed by atoms with Crippen LogP contribution in [0.2, 0.25) is 0 Å². The number of nitrogens with zero attached hydrogens (tertiary/aromatic N) is 2. The minimum absolute atomic E-state index is 0.0292. The van der Waals surface area contributed by atoms with Gasteiger partial charge in [0.15, 0.2) is 5.69 Å². The normalized spacial score (nSPS) is 10.2. The number of carbonyl (C=O) groups is 1. The number of rotatable bonds is 5. The second kappa shape index (κ2) is 5.10. The number of H-pyrrole nitrogens is 1. The molecule has 88 valence electrons. The van der Waals surface area contributed by atoms with E-state index in [1.165, 1.54) is 6.20 Å². The lowest BCUT2D eigenvalue weighted by Gasteiger charge is -2.08. The minimum atomic E-state index is -0.602. The van der Waals surface area contributed by atoms with Gasteiger partial charge in [-0.2, -0.15) is 0 Å². The van der Waals surface area contributed by atoms with E-state index in [4.69, 9.17) is 0 Å². The van der Waals surface area contributed by atoms with Gasteiger partial charge in [0.1, 0.15) is 6.20 Å². The number of nitrogens with one attached hydrogen (secondary N) is 3. The van der Waals surface area contributed by atoms with E-state index in [0.29, 0.717) is 0 Å². The summed E-state index contributed by atoms with van der Waals surface area (Å²) in [5.41, 5.74) is 0.198. The quantitative estimate of drug-likeness (QED) is 0.493. The van der Waals surface area contributed by atoms with Gasteiger partial charge in [-0.25, -0.2) is 0 Å². The summed E-state index contributed by atoms with van der Waals surface area (Å²) < 4.78 is 0. The van der Waals surface area contributed by atoms with Crippen molar-refractivity contribution < 1.29 is 9.72 Å². The van der Waals surface area contributed by atoms with E-state index in [1.54, 1.807) is 0 Å². The molecule has 0 unspecified atom stereocenters. The molecule has 0 saturated heterocycles. The molecule has 0 bridgehead atoms. The number of anilines is 1. The van der Waals surface area contributed by atoms with Gasteiger partial charge in [-0.3, -0.25) is 4.79 Å². The molecule has 0 aromatic carbocycles. The zero-order chi connectivity index (χ0) is 12.1. The van der Waals surface area contributed by atoms with Crippen LogP contribution in [-0.4, -0.2) is 33.6 Å². The number of nitro groups is 1. The zero-order valence-corrected chi connectivity index (χ0v) is 8.98. The fourth-order valence-electron chi connectivity index (χ4n) is 1.10. The average Bonchev–Trinajstić information content (AvgIpc) is 2.61. The maximum Gasteiger partial charge on any atom is 0.366 e. The third kappa shape index (κ3) is 3.23. The second-order valence-corrected chi connectivity index (χ2v) is 3.47. The van der Waals surface area contributed by atoms with E-state index >= 15 is 0 Å². The van der Waals surface area contributed by atoms with Crippen molar-refractivity contribution in [3.05, 3.63) is 16.3 Å². The second-order valence-electron chi connectivity index (χ2n) is 3.47. The largest absolute Gasteiger partial charge is 0.368 e. The first-order valence-corrected chi connectivity index (χ1v) is 4.71. The van der Waals surface area contributed by atoms with Crippen molar-refractivity contribution in [2.45, 2.75) is 19.9 Å². The fraction of sp³-hybridized carbons (Fsp3) is 0.500. The van der Waals surface area contributed by atoms with Gasteiger partial charge < -0.3 is 20.7 Å². The van der Waals surface area contributed by atoms with Crippen LogP contribution in [0.15, 0.2) is 6.20 Å². The highest BCUT2D eigenvalue weighted by molar-refractivity contribution is 5.81. The Morgan fingerprint density at radius 1 is 1.69 bits per heavy atom. The Kier molecular flexibility index (Phi) is 3.81. The SMILES string of the molecule is CC(C)NC(=O)CNc1cn[nH]c1[N+](=O)[O-]. The molecule has 1 aromatic heterocycles. The summed E-state index contributed by atoms with van der Waals surface area (Å²) in [5.74, 6) is -0.483. The van der Waals surface area contributed by atoms with Crippen molar-refractivity contribution in [3.8, 4) is 0 Å². The van der Waals surface area contributed by atoms with Gasteiger partial charge in [-0.05, 0) is 18.8 Å². The number of hydrogen-bond acceptors (Lipinski definition) is 5. The lowest BCUT2D eigenvalue weighted by atomic mass is 10.4. The standard InChI is InChI=1S/C8H13N5O3/c1-5(2)11-7(14)4-9-6-3-10-12-8(6)13(15)16/h3,5,9H,4H2,1-2H3,(H,10,12)(H,11,14). The Morgan fingerprint density at radius 3 is 2.94 bits per heavy atom. The van der Waals surface area contributed by atoms with Gasteiger partial charge >= 0.3 is 5.82 Å². The number of carbonyl (C=O) groups excluding carboxylic acids is 1. The van der Waals surface area contributed by atoms with E-state index in [9.17, 15) is 14.9 Å². The van der Waals surface area contributed by atoms with Crippen LogP contribution in [0.25, 0.3) is 0 Å². The summed E-state index contributed by atoms with van der Waals surface area (Å²) >= 11 is 0. The van der Waals surface area contributed by atoms with E-state index in [-0.39, 0.29) is 30.0 Å². The summed E-state index contributed by atoms with van der Waals surface area (Å²) in [4.78, 5) is 21.2. The van der Waals surface area contributed by atoms with Gasteiger partial charge in [0.25, 0.3) is 0 Å². The molecule has 1 amide bonds. The van der Waals surface area contributed by atoms with Crippen LogP contribution in [0.4, 0.5) is 11.5 Å². The molecule has 0 radical (unpaired) electrons. The lowest BCUT2D eigenvalue weighted by Crippen LogP contribution is -2.34. The third-order valence-corrected chi connectivity index (χ3v) is 1.69. The summed E-state index contributed by atoms with van der Waals surface area (Å²) in [6, 6.07) is 0.0358. The maximum absolute atomic E-state index is 11.3. The Hall–Kier alpha value is -2.12. The molecular weight excluding hydrogens is 214 g/mol. The van der Waals surface area contributed by atoms with Crippen LogP contribution in [0.3, 0.4) is 0 Å². The van der Waals surface area contributed by atoms with Crippen LogP contribution >= 0.6 is 0 Å². The molecule has 0 saturated carbocycles. The maximum atomic E-state index is 11.3. The molecule has 8 nitrogen and oxygen atoms in total. The molecule has 0 aliphatic rings. The molecule has 0 atom stereocenters. The molecule has 0 aliphatic heterocycles. The van der Waals surface area contributed by atoms with Crippen molar-refractivity contribution in [2.24, 2.45) is 0 Å². The number of amides is 1. The fourth-order valence-corrected chi connectivity index (χ4v) is 1.10. The van der Waals surface area contributed by atoms with Crippen molar-refractivity contribution in [2.75, 3.05) is 11.9 Å². The molecule has 1 rings (SSSR count). The Bertz CT molecular complexity index is 387. The smallest absolute Gasteiger partial charge is 0.366 e. The Morgan fingerprint density at radius 2 is 2.38 bits per heavy atom. The zero-order valence-electron chi connectivity index (χ0n) is 8.98. The molecule has 0 aliphatic carbocycles. The first-order valence-electron chi connectivity index (χ1n) is 4.71. The summed E-state index contributed by atoms with van der Waals surface area (Å²) in [6.07, 6.45) is 1.26. The molecule has 8 heteroatoms. The predicted octanol–water partition coefficient (Wildman–Crippen LogP) is 0.254. The van der Waals surface area contributed by atoms with E-state index in [1.807, 2.05) is 13.8 Å². The summed E-state index contributed by atoms with van der Waals surface area (Å²) in [7, 11) is 0. The third-order valence-electron chi connectivity index (χ3n) is 1.69. The average molecular weight is 227 g/mol. The minimum Gasteiger partial charge on any atom is -0.368 e. The van der Waals surface area contributed by atoms with E-state index in [2.05, 4.69) is 20.8 Å². The molecular formula is C8H13N5O3. The van der Waals surface area contributed by atoms with Gasteiger partial charge in [0.2, 0.25) is 5.91 Å². The molecule has 1 heterocycles. The highest BCUT2D eigenvalue weighted by atomic mass is 16.6. The summed E-state index contributed by atoms with van der Waals surface area (Å²) in [5, 5.41) is 21.5. The Balaban J connectivity index is 2.51. The molecule has 3 N–H and O–H groups in total. The van der Waals surface area contributed by atoms with Crippen LogP contribution in [0, 0.1) is 10.1 Å². The predicted molar refractivity (Wildman–Crippen MR) is 57.0 cm³/mol. The van der Waals surface area contributed by atoms with Crippen LogP contribution < -0.4 is 10.6 Å². The number of aromatic nitrogens is 2. The Labute approximate surface area is 91.6 Å². The van der Waals surface area contributed by atoms with Crippen molar-refractivity contribution in [1.29, 1.82) is 0 Å². The van der Waals surface area contributed by atoms with Crippen molar-refractivity contribution >= 4 is 17.4 Å². The van der Waals surface area contributed by atoms with Gasteiger partial charge in [-0.15, -0.1) is 5.10 Å². The van der Waals surface area contributed by atoms with E-state index < -0.39 is 4.92 Å². The monoisotopic (exact) mass is 227 g/mol. The first-order chi connectivity index (χ1) is 7.50. The van der Waals surface area contributed by atoms with Crippen molar-refractivity contribution in [1.82, 2.24) is 15.5 Å². The van der Waals surface area contributed by atoms with Crippen LogP contribution in [0.5, 0.6) is 0 Å². The molecule has 1 aromatic rings. The highest BCUT2D eigenvalue weighted by Gasteiger charge is 2.15. The number of aromatic amines is 1. The van der Waals surface area contributed by atoms with Gasteiger partial charge in [-0.1, -0.05) is 5.10 Å². The molecule has 0 fully saturated rings. The highest BCUT2D eigenvalue weighted by Crippen LogP contribution is 2.18. The topological polar surface area (TPSA) is 113 Å². The van der Waals surface area contributed by atoms with Gasteiger partial charge in [0, 0.05) is 6.04 Å². The number of hydrogen-bond donors (Lipinski definition) is 3. The lowest BCUT2D eigenvalue weighted by molar-refractivity contribution is -0.388. The van der Waals surface area contributed by atoms with Gasteiger partial charge in [0.05, 0.1) is 6.54 Å². The van der Waals surface area contributed by atoms with Crippen molar-refractivity contribution in [3.63, 3.8) is 0 Å². The van der Waals surface area contributed by atoms with Crippen LogP contribution in [-0.2, 0) is 4.79 Å². The summed E-state index contributed by atoms with van der Waals surface area (Å²) in [6.45, 7) is 3.63. The molecule has 16 heavy (non-hydrogen) atoms.